The Morgan fingerprint density at radius 3 is 2.10 bits per heavy atom. The van der Waals surface area contributed by atoms with Gasteiger partial charge in [0.05, 0.1) is 11.9 Å². The first-order chi connectivity index (χ1) is 14.5. The van der Waals surface area contributed by atoms with E-state index in [1.807, 2.05) is 51.5 Å². The van der Waals surface area contributed by atoms with Crippen LogP contribution in [0, 0.1) is 6.92 Å². The molecule has 0 aliphatic carbocycles. The highest BCUT2D eigenvalue weighted by Crippen LogP contribution is 2.29. The second-order valence-corrected chi connectivity index (χ2v) is 10.0. The van der Waals surface area contributed by atoms with Crippen LogP contribution < -0.4 is 4.74 Å². The summed E-state index contributed by atoms with van der Waals surface area (Å²) in [6.07, 6.45) is 7.83. The Labute approximate surface area is 184 Å². The van der Waals surface area contributed by atoms with Gasteiger partial charge in [-0.2, -0.15) is 0 Å². The largest absolute Gasteiger partial charge is 0.472 e. The van der Waals surface area contributed by atoms with Crippen LogP contribution in [0.2, 0.25) is 0 Å². The fourth-order valence-electron chi connectivity index (χ4n) is 3.54. The van der Waals surface area contributed by atoms with Gasteiger partial charge in [0.1, 0.15) is 11.2 Å². The Bertz CT molecular complexity index is 1210. The molecule has 5 heteroatoms. The Morgan fingerprint density at radius 1 is 0.806 bits per heavy atom. The van der Waals surface area contributed by atoms with E-state index >= 15 is 0 Å². The third kappa shape index (κ3) is 4.46. The quantitative estimate of drug-likeness (QED) is 0.398. The van der Waals surface area contributed by atoms with E-state index in [9.17, 15) is 0 Å². The minimum absolute atomic E-state index is 0.0327. The van der Waals surface area contributed by atoms with Crippen LogP contribution >= 0.6 is 0 Å². The van der Waals surface area contributed by atoms with Crippen LogP contribution in [0.25, 0.3) is 28.0 Å². The lowest BCUT2D eigenvalue weighted by Crippen LogP contribution is -2.23. The molecule has 0 saturated carbocycles. The molecule has 0 atom stereocenters. The standard InChI is InChI=1S/C26H30N4O/c1-17-12-23-28-15-21(19-9-11-24(29-14-19)31-26(5,6)7)30(23)16-20(17)18-8-10-22(27-13-18)25(2,3)4/h8-16H,1-7H3. The molecule has 0 aromatic carbocycles. The SMILES string of the molecule is Cc1cc2ncc(-c3ccc(OC(C)(C)C)nc3)n2cc1-c1ccc(C(C)(C)C)nc1. The second-order valence-electron chi connectivity index (χ2n) is 10.0. The van der Waals surface area contributed by atoms with Crippen LogP contribution in [0.3, 0.4) is 0 Å². The van der Waals surface area contributed by atoms with Crippen molar-refractivity contribution < 1.29 is 4.74 Å². The van der Waals surface area contributed by atoms with Crippen molar-refractivity contribution in [1.82, 2.24) is 19.4 Å². The summed E-state index contributed by atoms with van der Waals surface area (Å²) < 4.78 is 7.96. The lowest BCUT2D eigenvalue weighted by Gasteiger charge is -2.20. The average Bonchev–Trinajstić information content (AvgIpc) is 3.09. The van der Waals surface area contributed by atoms with E-state index in [1.54, 1.807) is 0 Å². The number of rotatable bonds is 3. The molecule has 0 amide bonds. The van der Waals surface area contributed by atoms with Gasteiger partial charge in [-0.25, -0.2) is 9.97 Å². The normalized spacial score (nSPS) is 12.4. The summed E-state index contributed by atoms with van der Waals surface area (Å²) in [4.78, 5) is 13.8. The smallest absolute Gasteiger partial charge is 0.213 e. The molecule has 4 aromatic heterocycles. The van der Waals surface area contributed by atoms with Crippen LogP contribution in [0.15, 0.2) is 55.1 Å². The van der Waals surface area contributed by atoms with Gasteiger partial charge >= 0.3 is 0 Å². The Morgan fingerprint density at radius 2 is 1.52 bits per heavy atom. The molecule has 4 heterocycles. The van der Waals surface area contributed by atoms with Crippen molar-refractivity contribution in [3.05, 3.63) is 66.4 Å². The Balaban J connectivity index is 1.73. The summed E-state index contributed by atoms with van der Waals surface area (Å²) in [7, 11) is 0. The first-order valence-corrected chi connectivity index (χ1v) is 10.6. The van der Waals surface area contributed by atoms with Crippen molar-refractivity contribution in [2.45, 2.75) is 59.5 Å². The maximum atomic E-state index is 5.85. The molecule has 5 nitrogen and oxygen atoms in total. The lowest BCUT2D eigenvalue weighted by atomic mass is 9.91. The van der Waals surface area contributed by atoms with Crippen LogP contribution in [0.5, 0.6) is 5.88 Å². The first-order valence-electron chi connectivity index (χ1n) is 10.6. The molecule has 4 aromatic rings. The van der Waals surface area contributed by atoms with E-state index in [4.69, 9.17) is 9.72 Å². The van der Waals surface area contributed by atoms with Crippen LogP contribution in [-0.4, -0.2) is 25.0 Å². The molecule has 0 fully saturated rings. The number of nitrogens with zero attached hydrogens (tertiary/aromatic N) is 4. The van der Waals surface area contributed by atoms with Gasteiger partial charge in [-0.15, -0.1) is 0 Å². The molecular formula is C26H30N4O. The summed E-state index contributed by atoms with van der Waals surface area (Å²) >= 11 is 0. The predicted octanol–water partition coefficient (Wildman–Crippen LogP) is 6.24. The fraction of sp³-hybridized carbons (Fsp3) is 0.346. The number of hydrogen-bond donors (Lipinski definition) is 0. The molecule has 0 radical (unpaired) electrons. The molecule has 0 aliphatic heterocycles. The molecule has 160 valence electrons. The minimum Gasteiger partial charge on any atom is -0.472 e. The van der Waals surface area contributed by atoms with Crippen molar-refractivity contribution in [2.75, 3.05) is 0 Å². The maximum absolute atomic E-state index is 5.85. The number of aryl methyl sites for hydroxylation is 1. The van der Waals surface area contributed by atoms with Gasteiger partial charge in [-0.05, 0) is 51.5 Å². The zero-order valence-corrected chi connectivity index (χ0v) is 19.4. The zero-order valence-electron chi connectivity index (χ0n) is 19.4. The molecule has 0 unspecified atom stereocenters. The van der Waals surface area contributed by atoms with Crippen molar-refractivity contribution in [2.24, 2.45) is 0 Å². The zero-order chi connectivity index (χ0) is 22.4. The summed E-state index contributed by atoms with van der Waals surface area (Å²) in [6, 6.07) is 10.3. The highest BCUT2D eigenvalue weighted by Gasteiger charge is 2.17. The van der Waals surface area contributed by atoms with Gasteiger partial charge in [0.2, 0.25) is 5.88 Å². The molecule has 0 N–H and O–H groups in total. The predicted molar refractivity (Wildman–Crippen MR) is 125 cm³/mol. The van der Waals surface area contributed by atoms with E-state index in [0.29, 0.717) is 5.88 Å². The van der Waals surface area contributed by atoms with E-state index in [2.05, 4.69) is 66.5 Å². The number of fused-ring (bicyclic) bond motifs is 1. The summed E-state index contributed by atoms with van der Waals surface area (Å²) in [5, 5.41) is 0. The first kappa shape index (κ1) is 21.0. The number of imidazole rings is 1. The number of pyridine rings is 3. The second kappa shape index (κ2) is 7.49. The summed E-state index contributed by atoms with van der Waals surface area (Å²) in [5.41, 5.74) is 7.13. The monoisotopic (exact) mass is 414 g/mol. The van der Waals surface area contributed by atoms with Gasteiger partial charge in [0.25, 0.3) is 0 Å². The number of aromatic nitrogens is 4. The Kier molecular flexibility index (Phi) is 5.08. The molecule has 0 spiro atoms. The minimum atomic E-state index is -0.277. The average molecular weight is 415 g/mol. The van der Waals surface area contributed by atoms with Crippen LogP contribution in [0.4, 0.5) is 0 Å². The van der Waals surface area contributed by atoms with Gasteiger partial charge in [0, 0.05) is 52.5 Å². The van der Waals surface area contributed by atoms with Crippen molar-refractivity contribution in [3.63, 3.8) is 0 Å². The lowest BCUT2D eigenvalue weighted by molar-refractivity contribution is 0.124. The molecule has 31 heavy (non-hydrogen) atoms. The van der Waals surface area contributed by atoms with Crippen LogP contribution in [0.1, 0.15) is 52.8 Å². The third-order valence-corrected chi connectivity index (χ3v) is 5.14. The van der Waals surface area contributed by atoms with E-state index in [0.717, 1.165) is 33.7 Å². The van der Waals surface area contributed by atoms with E-state index in [-0.39, 0.29) is 11.0 Å². The molecular weight excluding hydrogens is 384 g/mol. The maximum Gasteiger partial charge on any atom is 0.213 e. The number of hydrogen-bond acceptors (Lipinski definition) is 4. The fourth-order valence-corrected chi connectivity index (χ4v) is 3.54. The van der Waals surface area contributed by atoms with Crippen molar-refractivity contribution >= 4 is 5.65 Å². The van der Waals surface area contributed by atoms with Crippen molar-refractivity contribution in [3.8, 4) is 28.3 Å². The van der Waals surface area contributed by atoms with Crippen LogP contribution in [-0.2, 0) is 5.41 Å². The highest BCUT2D eigenvalue weighted by molar-refractivity contribution is 5.71. The molecule has 0 aliphatic rings. The molecule has 0 bridgehead atoms. The topological polar surface area (TPSA) is 52.3 Å². The molecule has 4 rings (SSSR count). The van der Waals surface area contributed by atoms with Gasteiger partial charge in [-0.3, -0.25) is 9.38 Å². The van der Waals surface area contributed by atoms with Gasteiger partial charge in [-0.1, -0.05) is 26.8 Å². The van der Waals surface area contributed by atoms with E-state index < -0.39 is 0 Å². The van der Waals surface area contributed by atoms with Crippen molar-refractivity contribution in [1.29, 1.82) is 0 Å². The summed E-state index contributed by atoms with van der Waals surface area (Å²) in [6.45, 7) is 14.7. The third-order valence-electron chi connectivity index (χ3n) is 5.14. The van der Waals surface area contributed by atoms with Gasteiger partial charge < -0.3 is 4.74 Å². The highest BCUT2D eigenvalue weighted by atomic mass is 16.5. The number of ether oxygens (including phenoxy) is 1. The van der Waals surface area contributed by atoms with Gasteiger partial charge in [0.15, 0.2) is 0 Å². The van der Waals surface area contributed by atoms with E-state index in [1.165, 1.54) is 5.56 Å². The summed E-state index contributed by atoms with van der Waals surface area (Å²) in [5.74, 6) is 0.617. The molecule has 0 saturated heterocycles. The Hall–Kier alpha value is -3.21.